The van der Waals surface area contributed by atoms with Crippen LogP contribution in [0.5, 0.6) is 0 Å². The highest BCUT2D eigenvalue weighted by molar-refractivity contribution is 6.30. The zero-order valence-electron chi connectivity index (χ0n) is 8.96. The molecule has 0 unspecified atom stereocenters. The topological polar surface area (TPSA) is 42.1 Å². The molecule has 3 nitrogen and oxygen atoms in total. The first-order chi connectivity index (χ1) is 8.11. The van der Waals surface area contributed by atoms with Crippen LogP contribution in [0.1, 0.15) is 10.5 Å². The maximum atomic E-state index is 13.6. The van der Waals surface area contributed by atoms with Gasteiger partial charge in [-0.3, -0.25) is 0 Å². The molecule has 2 rings (SSSR count). The van der Waals surface area contributed by atoms with Gasteiger partial charge in [0.2, 0.25) is 0 Å². The predicted octanol–water partition coefficient (Wildman–Crippen LogP) is 3.26. The Labute approximate surface area is 102 Å². The number of ether oxygens (including phenoxy) is 1. The van der Waals surface area contributed by atoms with E-state index in [1.54, 1.807) is 0 Å². The number of methoxy groups -OCH3 is 1. The molecule has 0 aliphatic carbocycles. The lowest BCUT2D eigenvalue weighted by Gasteiger charge is -2.00. The summed E-state index contributed by atoms with van der Waals surface area (Å²) in [6, 6.07) is 5.76. The first-order valence-corrected chi connectivity index (χ1v) is 5.22. The molecule has 0 atom stereocenters. The molecule has 88 valence electrons. The van der Waals surface area contributed by atoms with Gasteiger partial charge >= 0.3 is 5.97 Å². The number of hydrogen-bond acceptors (Lipinski definition) is 2. The number of carbonyl (C=O) groups is 1. The second-order valence-electron chi connectivity index (χ2n) is 3.42. The van der Waals surface area contributed by atoms with Crippen molar-refractivity contribution in [3.63, 3.8) is 0 Å². The summed E-state index contributed by atoms with van der Waals surface area (Å²) in [6.07, 6.45) is 1.53. The van der Waals surface area contributed by atoms with Crippen LogP contribution in [0.3, 0.4) is 0 Å². The van der Waals surface area contributed by atoms with Gasteiger partial charge in [0.15, 0.2) is 0 Å². The van der Waals surface area contributed by atoms with Crippen molar-refractivity contribution in [3.05, 3.63) is 47.0 Å². The summed E-state index contributed by atoms with van der Waals surface area (Å²) in [5.74, 6) is -0.900. The lowest BCUT2D eigenvalue weighted by molar-refractivity contribution is 0.0595. The summed E-state index contributed by atoms with van der Waals surface area (Å²) < 4.78 is 18.1. The van der Waals surface area contributed by atoms with Crippen LogP contribution in [0.2, 0.25) is 5.02 Å². The lowest BCUT2D eigenvalue weighted by Crippen LogP contribution is -2.00. The Hall–Kier alpha value is -1.81. The number of hydrogen-bond donors (Lipinski definition) is 1. The minimum absolute atomic E-state index is 0.266. The van der Waals surface area contributed by atoms with Crippen LogP contribution in [-0.4, -0.2) is 18.1 Å². The Morgan fingerprint density at radius 3 is 2.88 bits per heavy atom. The highest BCUT2D eigenvalue weighted by atomic mass is 35.5. The zero-order valence-corrected chi connectivity index (χ0v) is 9.72. The SMILES string of the molecule is COC(=O)c1cc(-c2cc(Cl)ccc2F)c[nH]1. The summed E-state index contributed by atoms with van der Waals surface area (Å²) in [6.45, 7) is 0. The first-order valence-electron chi connectivity index (χ1n) is 4.84. The molecule has 2 aromatic rings. The van der Waals surface area contributed by atoms with Crippen LogP contribution < -0.4 is 0 Å². The van der Waals surface area contributed by atoms with E-state index < -0.39 is 11.8 Å². The van der Waals surface area contributed by atoms with Gasteiger partial charge in [-0.2, -0.15) is 0 Å². The molecule has 1 heterocycles. The summed E-state index contributed by atoms with van der Waals surface area (Å²) >= 11 is 5.79. The molecule has 17 heavy (non-hydrogen) atoms. The Morgan fingerprint density at radius 2 is 2.18 bits per heavy atom. The molecule has 0 bridgehead atoms. The third-order valence-electron chi connectivity index (χ3n) is 2.33. The Balaban J connectivity index is 2.43. The maximum absolute atomic E-state index is 13.6. The van der Waals surface area contributed by atoms with Gasteiger partial charge in [-0.1, -0.05) is 11.6 Å². The summed E-state index contributed by atoms with van der Waals surface area (Å²) in [7, 11) is 1.28. The van der Waals surface area contributed by atoms with Gasteiger partial charge in [0.1, 0.15) is 11.5 Å². The molecular formula is C12H9ClFNO2. The van der Waals surface area contributed by atoms with Crippen molar-refractivity contribution in [1.82, 2.24) is 4.98 Å². The fraction of sp³-hybridized carbons (Fsp3) is 0.0833. The molecule has 0 saturated carbocycles. The third-order valence-corrected chi connectivity index (χ3v) is 2.56. The van der Waals surface area contributed by atoms with Crippen LogP contribution >= 0.6 is 11.6 Å². The highest BCUT2D eigenvalue weighted by Crippen LogP contribution is 2.26. The number of aromatic amines is 1. The van der Waals surface area contributed by atoms with Crippen molar-refractivity contribution in [2.45, 2.75) is 0 Å². The third kappa shape index (κ3) is 2.31. The monoisotopic (exact) mass is 253 g/mol. The van der Waals surface area contributed by atoms with Gasteiger partial charge in [-0.15, -0.1) is 0 Å². The molecule has 0 spiro atoms. The van der Waals surface area contributed by atoms with E-state index in [0.717, 1.165) is 0 Å². The van der Waals surface area contributed by atoms with E-state index in [4.69, 9.17) is 11.6 Å². The Bertz CT molecular complexity index is 565. The molecule has 0 radical (unpaired) electrons. The second-order valence-corrected chi connectivity index (χ2v) is 3.85. The van der Waals surface area contributed by atoms with Crippen molar-refractivity contribution >= 4 is 17.6 Å². The van der Waals surface area contributed by atoms with Crippen LogP contribution in [0.15, 0.2) is 30.5 Å². The van der Waals surface area contributed by atoms with Gasteiger partial charge in [0, 0.05) is 22.3 Å². The molecule has 0 fully saturated rings. The van der Waals surface area contributed by atoms with Crippen molar-refractivity contribution < 1.29 is 13.9 Å². The number of aromatic nitrogens is 1. The number of nitrogens with one attached hydrogen (secondary N) is 1. The molecule has 0 saturated heterocycles. The van der Waals surface area contributed by atoms with Crippen molar-refractivity contribution in [2.75, 3.05) is 7.11 Å². The number of esters is 1. The van der Waals surface area contributed by atoms with Gasteiger partial charge in [0.05, 0.1) is 7.11 Å². The number of halogens is 2. The minimum atomic E-state index is -0.501. The fourth-order valence-electron chi connectivity index (χ4n) is 1.50. The minimum Gasteiger partial charge on any atom is -0.464 e. The van der Waals surface area contributed by atoms with E-state index in [1.807, 2.05) is 0 Å². The Morgan fingerprint density at radius 1 is 1.41 bits per heavy atom. The molecular weight excluding hydrogens is 245 g/mol. The van der Waals surface area contributed by atoms with E-state index >= 15 is 0 Å². The predicted molar refractivity (Wildman–Crippen MR) is 62.5 cm³/mol. The van der Waals surface area contributed by atoms with Gasteiger partial charge in [-0.25, -0.2) is 9.18 Å². The van der Waals surface area contributed by atoms with Crippen molar-refractivity contribution in [1.29, 1.82) is 0 Å². The number of carbonyl (C=O) groups excluding carboxylic acids is 1. The molecule has 1 N–H and O–H groups in total. The summed E-state index contributed by atoms with van der Waals surface area (Å²) in [5.41, 5.74) is 1.15. The first kappa shape index (κ1) is 11.7. The lowest BCUT2D eigenvalue weighted by atomic mass is 10.1. The average molecular weight is 254 g/mol. The van der Waals surface area contributed by atoms with Gasteiger partial charge in [0.25, 0.3) is 0 Å². The van der Waals surface area contributed by atoms with Crippen molar-refractivity contribution in [3.8, 4) is 11.1 Å². The molecule has 1 aromatic heterocycles. The second kappa shape index (κ2) is 4.59. The summed E-state index contributed by atoms with van der Waals surface area (Å²) in [4.78, 5) is 14.0. The standard InChI is InChI=1S/C12H9ClFNO2/c1-17-12(16)11-4-7(6-15-11)9-5-8(13)2-3-10(9)14/h2-6,15H,1H3. The van der Waals surface area contributed by atoms with Gasteiger partial charge in [-0.05, 0) is 24.3 Å². The van der Waals surface area contributed by atoms with Crippen molar-refractivity contribution in [2.24, 2.45) is 0 Å². The highest BCUT2D eigenvalue weighted by Gasteiger charge is 2.12. The maximum Gasteiger partial charge on any atom is 0.354 e. The summed E-state index contributed by atoms with van der Waals surface area (Å²) in [5, 5.41) is 0.433. The molecule has 1 aromatic carbocycles. The Kier molecular flexibility index (Phi) is 3.15. The van der Waals surface area contributed by atoms with Crippen LogP contribution in [0, 0.1) is 5.82 Å². The zero-order chi connectivity index (χ0) is 12.4. The normalized spacial score (nSPS) is 10.3. The molecule has 0 aliphatic rings. The van der Waals surface area contributed by atoms with E-state index in [2.05, 4.69) is 9.72 Å². The fourth-order valence-corrected chi connectivity index (χ4v) is 1.67. The van der Waals surface area contributed by atoms with E-state index in [9.17, 15) is 9.18 Å². The largest absolute Gasteiger partial charge is 0.464 e. The van der Waals surface area contributed by atoms with Crippen LogP contribution in [0.25, 0.3) is 11.1 Å². The smallest absolute Gasteiger partial charge is 0.354 e. The van der Waals surface area contributed by atoms with Crippen LogP contribution in [0.4, 0.5) is 4.39 Å². The van der Waals surface area contributed by atoms with Crippen LogP contribution in [-0.2, 0) is 4.74 Å². The van der Waals surface area contributed by atoms with E-state index in [-0.39, 0.29) is 5.69 Å². The molecule has 0 amide bonds. The number of H-pyrrole nitrogens is 1. The van der Waals surface area contributed by atoms with E-state index in [1.165, 1.54) is 37.6 Å². The number of benzene rings is 1. The molecule has 0 aliphatic heterocycles. The quantitative estimate of drug-likeness (QED) is 0.835. The molecule has 5 heteroatoms. The van der Waals surface area contributed by atoms with E-state index in [0.29, 0.717) is 16.1 Å². The average Bonchev–Trinajstić information content (AvgIpc) is 2.80. The number of rotatable bonds is 2. The van der Waals surface area contributed by atoms with Gasteiger partial charge < -0.3 is 9.72 Å².